The van der Waals surface area contributed by atoms with E-state index in [1.165, 1.54) is 0 Å². The van der Waals surface area contributed by atoms with Crippen molar-refractivity contribution in [2.24, 2.45) is 11.7 Å². The van der Waals surface area contributed by atoms with E-state index in [1.807, 2.05) is 19.2 Å². The Kier molecular flexibility index (Phi) is 4.28. The molecule has 0 aliphatic heterocycles. The van der Waals surface area contributed by atoms with Crippen molar-refractivity contribution in [3.63, 3.8) is 0 Å². The van der Waals surface area contributed by atoms with Crippen LogP contribution >= 0.6 is 0 Å². The third-order valence-electron chi connectivity index (χ3n) is 2.49. The van der Waals surface area contributed by atoms with Gasteiger partial charge in [0, 0.05) is 25.4 Å². The number of pyridine rings is 1. The van der Waals surface area contributed by atoms with E-state index in [1.54, 1.807) is 6.20 Å². The number of nitrogens with one attached hydrogen (secondary N) is 1. The minimum Gasteiger partial charge on any atom is -0.384 e. The summed E-state index contributed by atoms with van der Waals surface area (Å²) in [5, 5.41) is 7.27. The Labute approximate surface area is 97.0 Å². The van der Waals surface area contributed by atoms with E-state index in [9.17, 15) is 0 Å². The molecule has 0 bridgehead atoms. The fourth-order valence-electron chi connectivity index (χ4n) is 1.34. The first-order chi connectivity index (χ1) is 7.50. The quantitative estimate of drug-likeness (QED) is 0.588. The molecular weight excluding hydrogens is 200 g/mol. The molecule has 0 aliphatic rings. The topological polar surface area (TPSA) is 66.0 Å². The highest BCUT2D eigenvalue weighted by Gasteiger charge is 2.04. The Hall–Kier alpha value is -1.58. The van der Waals surface area contributed by atoms with E-state index in [2.05, 4.69) is 23.7 Å². The van der Waals surface area contributed by atoms with Gasteiger partial charge < -0.3 is 10.6 Å². The maximum Gasteiger partial charge on any atom is 0.128 e. The summed E-state index contributed by atoms with van der Waals surface area (Å²) in [5.74, 6) is 1.67. The van der Waals surface area contributed by atoms with Crippen LogP contribution in [-0.4, -0.2) is 24.4 Å². The monoisotopic (exact) mass is 220 g/mol. The van der Waals surface area contributed by atoms with Crippen molar-refractivity contribution in [2.45, 2.75) is 20.3 Å². The van der Waals surface area contributed by atoms with Gasteiger partial charge in [0.25, 0.3) is 0 Å². The molecule has 0 radical (unpaired) electrons. The zero-order valence-corrected chi connectivity index (χ0v) is 10.2. The molecule has 0 aliphatic carbocycles. The highest BCUT2D eigenvalue weighted by Crippen LogP contribution is 2.11. The number of nitrogens with two attached hydrogens (primary N) is 1. The molecular formula is C12H20N4. The highest BCUT2D eigenvalue weighted by atomic mass is 15.2. The number of amidine groups is 1. The van der Waals surface area contributed by atoms with Gasteiger partial charge in [-0.05, 0) is 24.5 Å². The van der Waals surface area contributed by atoms with Crippen LogP contribution in [0.25, 0.3) is 0 Å². The number of anilines is 1. The molecule has 0 atom stereocenters. The predicted octanol–water partition coefficient (Wildman–Crippen LogP) is 1.85. The van der Waals surface area contributed by atoms with Crippen LogP contribution in [0.5, 0.6) is 0 Å². The molecule has 1 rings (SSSR count). The maximum absolute atomic E-state index is 7.27. The second-order valence-corrected chi connectivity index (χ2v) is 4.42. The van der Waals surface area contributed by atoms with Crippen molar-refractivity contribution in [1.29, 1.82) is 5.41 Å². The van der Waals surface area contributed by atoms with E-state index in [4.69, 9.17) is 11.1 Å². The van der Waals surface area contributed by atoms with Crippen molar-refractivity contribution in [1.82, 2.24) is 4.98 Å². The molecule has 88 valence electrons. The third kappa shape index (κ3) is 3.53. The SMILES string of the molecule is CC(C)CCN(C)c1ccc(C(=N)N)cn1. The Balaban J connectivity index is 2.63. The Morgan fingerprint density at radius 1 is 1.50 bits per heavy atom. The molecule has 16 heavy (non-hydrogen) atoms. The lowest BCUT2D eigenvalue weighted by atomic mass is 10.1. The van der Waals surface area contributed by atoms with Gasteiger partial charge in [-0.15, -0.1) is 0 Å². The summed E-state index contributed by atoms with van der Waals surface area (Å²) in [6, 6.07) is 3.73. The maximum atomic E-state index is 7.27. The van der Waals surface area contributed by atoms with Gasteiger partial charge in [-0.3, -0.25) is 5.41 Å². The van der Waals surface area contributed by atoms with Crippen molar-refractivity contribution in [3.05, 3.63) is 23.9 Å². The lowest BCUT2D eigenvalue weighted by molar-refractivity contribution is 0.583. The summed E-state index contributed by atoms with van der Waals surface area (Å²) in [5.41, 5.74) is 6.04. The van der Waals surface area contributed by atoms with Gasteiger partial charge >= 0.3 is 0 Å². The molecule has 0 spiro atoms. The molecule has 1 heterocycles. The molecule has 0 aromatic carbocycles. The molecule has 1 aromatic rings. The minimum absolute atomic E-state index is 0.0592. The van der Waals surface area contributed by atoms with E-state index in [-0.39, 0.29) is 5.84 Å². The number of nitrogens with zero attached hydrogens (tertiary/aromatic N) is 2. The van der Waals surface area contributed by atoms with Crippen molar-refractivity contribution in [2.75, 3.05) is 18.5 Å². The number of hydrogen-bond donors (Lipinski definition) is 2. The molecule has 0 fully saturated rings. The summed E-state index contributed by atoms with van der Waals surface area (Å²) >= 11 is 0. The number of hydrogen-bond acceptors (Lipinski definition) is 3. The van der Waals surface area contributed by atoms with Crippen LogP contribution in [-0.2, 0) is 0 Å². The van der Waals surface area contributed by atoms with E-state index in [0.717, 1.165) is 18.8 Å². The molecule has 0 saturated heterocycles. The fraction of sp³-hybridized carbons (Fsp3) is 0.500. The van der Waals surface area contributed by atoms with Crippen LogP contribution in [0.2, 0.25) is 0 Å². The fourth-order valence-corrected chi connectivity index (χ4v) is 1.34. The number of rotatable bonds is 5. The van der Waals surface area contributed by atoms with Crippen LogP contribution in [0.3, 0.4) is 0 Å². The molecule has 0 unspecified atom stereocenters. The second-order valence-electron chi connectivity index (χ2n) is 4.42. The molecule has 1 aromatic heterocycles. The summed E-state index contributed by atoms with van der Waals surface area (Å²) in [6.07, 6.45) is 2.79. The van der Waals surface area contributed by atoms with Gasteiger partial charge in [0.15, 0.2) is 0 Å². The van der Waals surface area contributed by atoms with Crippen molar-refractivity contribution in [3.8, 4) is 0 Å². The summed E-state index contributed by atoms with van der Waals surface area (Å²) in [7, 11) is 2.03. The summed E-state index contributed by atoms with van der Waals surface area (Å²) in [6.45, 7) is 5.41. The van der Waals surface area contributed by atoms with Gasteiger partial charge in [0.05, 0.1) is 0 Å². The smallest absolute Gasteiger partial charge is 0.128 e. The number of aromatic nitrogens is 1. The van der Waals surface area contributed by atoms with Crippen LogP contribution in [0.1, 0.15) is 25.8 Å². The van der Waals surface area contributed by atoms with Gasteiger partial charge in [-0.2, -0.15) is 0 Å². The van der Waals surface area contributed by atoms with Crippen LogP contribution < -0.4 is 10.6 Å². The first-order valence-corrected chi connectivity index (χ1v) is 5.52. The lowest BCUT2D eigenvalue weighted by Crippen LogP contribution is -2.21. The largest absolute Gasteiger partial charge is 0.384 e. The zero-order chi connectivity index (χ0) is 12.1. The Bertz CT molecular complexity index is 343. The zero-order valence-electron chi connectivity index (χ0n) is 10.2. The van der Waals surface area contributed by atoms with Gasteiger partial charge in [-0.25, -0.2) is 4.98 Å². The third-order valence-corrected chi connectivity index (χ3v) is 2.49. The van der Waals surface area contributed by atoms with Gasteiger partial charge in [0.1, 0.15) is 11.7 Å². The second kappa shape index (κ2) is 5.49. The Morgan fingerprint density at radius 3 is 2.62 bits per heavy atom. The number of nitrogen functional groups attached to an aromatic ring is 1. The van der Waals surface area contributed by atoms with Crippen LogP contribution in [0, 0.1) is 11.3 Å². The van der Waals surface area contributed by atoms with E-state index in [0.29, 0.717) is 11.5 Å². The molecule has 3 N–H and O–H groups in total. The standard InChI is InChI=1S/C12H20N4/c1-9(2)6-7-16(3)11-5-4-10(8-15-11)12(13)14/h4-5,8-9H,6-7H2,1-3H3,(H3,13,14). The van der Waals surface area contributed by atoms with E-state index < -0.39 is 0 Å². The van der Waals surface area contributed by atoms with Crippen molar-refractivity contribution < 1.29 is 0 Å². The summed E-state index contributed by atoms with van der Waals surface area (Å²) in [4.78, 5) is 6.40. The average molecular weight is 220 g/mol. The van der Waals surface area contributed by atoms with Crippen molar-refractivity contribution >= 4 is 11.7 Å². The van der Waals surface area contributed by atoms with Gasteiger partial charge in [0.2, 0.25) is 0 Å². The lowest BCUT2D eigenvalue weighted by Gasteiger charge is -2.19. The highest BCUT2D eigenvalue weighted by molar-refractivity contribution is 5.94. The van der Waals surface area contributed by atoms with Crippen LogP contribution in [0.15, 0.2) is 18.3 Å². The van der Waals surface area contributed by atoms with Crippen LogP contribution in [0.4, 0.5) is 5.82 Å². The first-order valence-electron chi connectivity index (χ1n) is 5.52. The summed E-state index contributed by atoms with van der Waals surface area (Å²) < 4.78 is 0. The first kappa shape index (κ1) is 12.5. The Morgan fingerprint density at radius 2 is 2.19 bits per heavy atom. The molecule has 0 amide bonds. The minimum atomic E-state index is 0.0592. The molecule has 4 nitrogen and oxygen atoms in total. The van der Waals surface area contributed by atoms with E-state index >= 15 is 0 Å². The molecule has 0 saturated carbocycles. The predicted molar refractivity (Wildman–Crippen MR) is 68.0 cm³/mol. The molecule has 4 heteroatoms. The average Bonchev–Trinajstić information content (AvgIpc) is 2.26. The van der Waals surface area contributed by atoms with Gasteiger partial charge in [-0.1, -0.05) is 13.8 Å². The normalized spacial score (nSPS) is 10.5.